The lowest BCUT2D eigenvalue weighted by atomic mass is 10.2. The number of carbonyl (C=O) groups excluding carboxylic acids is 1. The molecule has 4 heterocycles. The number of likely N-dealkylation sites (N-methyl/N-ethyl adjacent to an activating group) is 1. The lowest BCUT2D eigenvalue weighted by Crippen LogP contribution is -2.47. The van der Waals surface area contributed by atoms with Gasteiger partial charge in [0.2, 0.25) is 0 Å². The summed E-state index contributed by atoms with van der Waals surface area (Å²) in [5.74, 6) is 0.508. The molecular weight excluding hydrogens is 418 g/mol. The highest BCUT2D eigenvalue weighted by molar-refractivity contribution is 8.26. The lowest BCUT2D eigenvalue weighted by Gasteiger charge is -2.35. The molecule has 1 amide bonds. The summed E-state index contributed by atoms with van der Waals surface area (Å²) < 4.78 is 2.07. The number of anilines is 1. The van der Waals surface area contributed by atoms with Gasteiger partial charge in [-0.1, -0.05) is 43.9 Å². The van der Waals surface area contributed by atoms with Crippen LogP contribution in [0.2, 0.25) is 0 Å². The van der Waals surface area contributed by atoms with Crippen LogP contribution in [0.25, 0.3) is 11.7 Å². The Balaban J connectivity index is 1.80. The second kappa shape index (κ2) is 8.87. The van der Waals surface area contributed by atoms with Crippen molar-refractivity contribution in [1.82, 2.24) is 19.2 Å². The van der Waals surface area contributed by atoms with Crippen LogP contribution in [0.4, 0.5) is 5.82 Å². The summed E-state index contributed by atoms with van der Waals surface area (Å²) in [6.45, 7) is 9.18. The highest BCUT2D eigenvalue weighted by atomic mass is 32.2. The third-order valence-corrected chi connectivity index (χ3v) is 6.84. The molecule has 0 radical (unpaired) electrons. The summed E-state index contributed by atoms with van der Waals surface area (Å²) in [7, 11) is 0. The summed E-state index contributed by atoms with van der Waals surface area (Å²) >= 11 is 6.64. The maximum Gasteiger partial charge on any atom is 0.267 e. The van der Waals surface area contributed by atoms with Crippen molar-refractivity contribution < 1.29 is 4.79 Å². The van der Waals surface area contributed by atoms with E-state index in [1.807, 2.05) is 19.1 Å². The molecule has 0 unspecified atom stereocenters. The molecule has 0 N–H and O–H groups in total. The van der Waals surface area contributed by atoms with Crippen LogP contribution in [0.3, 0.4) is 0 Å². The Morgan fingerprint density at radius 3 is 2.63 bits per heavy atom. The predicted octanol–water partition coefficient (Wildman–Crippen LogP) is 2.45. The molecule has 2 aromatic rings. The van der Waals surface area contributed by atoms with E-state index in [9.17, 15) is 9.59 Å². The highest BCUT2D eigenvalue weighted by Gasteiger charge is 2.32. The van der Waals surface area contributed by atoms with Gasteiger partial charge < -0.3 is 9.80 Å². The summed E-state index contributed by atoms with van der Waals surface area (Å²) in [5.41, 5.74) is 0.876. The normalized spacial score (nSPS) is 19.5. The lowest BCUT2D eigenvalue weighted by molar-refractivity contribution is -0.122. The van der Waals surface area contributed by atoms with Crippen LogP contribution in [0.1, 0.15) is 25.8 Å². The number of thiocarbonyl (C=S) groups is 1. The molecule has 0 aliphatic carbocycles. The molecule has 2 aliphatic rings. The molecule has 7 nitrogen and oxygen atoms in total. The molecule has 4 rings (SSSR count). The molecule has 0 bridgehead atoms. The Hall–Kier alpha value is -2.23. The first kappa shape index (κ1) is 21.0. The topological polar surface area (TPSA) is 61.2 Å². The van der Waals surface area contributed by atoms with Gasteiger partial charge in [0.15, 0.2) is 0 Å². The van der Waals surface area contributed by atoms with Crippen molar-refractivity contribution >= 4 is 51.7 Å². The van der Waals surface area contributed by atoms with E-state index in [0.29, 0.717) is 32.8 Å². The minimum absolute atomic E-state index is 0.133. The number of hydrogen-bond donors (Lipinski definition) is 0. The molecule has 2 aliphatic heterocycles. The van der Waals surface area contributed by atoms with E-state index >= 15 is 0 Å². The zero-order valence-corrected chi connectivity index (χ0v) is 18.8. The van der Waals surface area contributed by atoms with E-state index in [4.69, 9.17) is 17.2 Å². The number of pyridine rings is 1. The smallest absolute Gasteiger partial charge is 0.267 e. The van der Waals surface area contributed by atoms with Gasteiger partial charge in [0.25, 0.3) is 11.5 Å². The van der Waals surface area contributed by atoms with Gasteiger partial charge in [0.1, 0.15) is 15.8 Å². The molecule has 158 valence electrons. The minimum Gasteiger partial charge on any atom is -0.353 e. The number of piperazine rings is 1. The van der Waals surface area contributed by atoms with Crippen LogP contribution in [-0.4, -0.2) is 68.7 Å². The highest BCUT2D eigenvalue weighted by Crippen LogP contribution is 2.33. The fourth-order valence-electron chi connectivity index (χ4n) is 3.78. The van der Waals surface area contributed by atoms with Crippen molar-refractivity contribution in [1.29, 1.82) is 0 Å². The second-order valence-electron chi connectivity index (χ2n) is 7.34. The Morgan fingerprint density at radius 2 is 1.93 bits per heavy atom. The van der Waals surface area contributed by atoms with Crippen LogP contribution >= 0.6 is 24.0 Å². The zero-order chi connectivity index (χ0) is 21.3. The summed E-state index contributed by atoms with van der Waals surface area (Å²) in [5, 5.41) is 0. The quantitative estimate of drug-likeness (QED) is 0.520. The fraction of sp³-hybridized carbons (Fsp3) is 0.429. The van der Waals surface area contributed by atoms with Gasteiger partial charge in [0.05, 0.1) is 10.5 Å². The predicted molar refractivity (Wildman–Crippen MR) is 126 cm³/mol. The molecule has 30 heavy (non-hydrogen) atoms. The first-order valence-electron chi connectivity index (χ1n) is 10.3. The van der Waals surface area contributed by atoms with Crippen LogP contribution in [0, 0.1) is 0 Å². The number of rotatable bonds is 5. The van der Waals surface area contributed by atoms with Gasteiger partial charge in [-0.25, -0.2) is 4.98 Å². The average molecular weight is 444 g/mol. The van der Waals surface area contributed by atoms with Crippen molar-refractivity contribution in [2.75, 3.05) is 44.2 Å². The molecule has 2 saturated heterocycles. The Labute approximate surface area is 185 Å². The zero-order valence-electron chi connectivity index (χ0n) is 17.2. The largest absolute Gasteiger partial charge is 0.353 e. The molecular formula is C21H25N5O2S2. The molecule has 2 aromatic heterocycles. The molecule has 2 fully saturated rings. The second-order valence-corrected chi connectivity index (χ2v) is 9.01. The van der Waals surface area contributed by atoms with Crippen LogP contribution in [-0.2, 0) is 4.79 Å². The number of aromatic nitrogens is 2. The third-order valence-electron chi connectivity index (χ3n) is 5.46. The van der Waals surface area contributed by atoms with Gasteiger partial charge in [-0.15, -0.1) is 0 Å². The van der Waals surface area contributed by atoms with E-state index in [2.05, 4.69) is 16.7 Å². The van der Waals surface area contributed by atoms with Crippen LogP contribution in [0.5, 0.6) is 0 Å². The SMILES string of the molecule is CCCN1C(=O)/C(=C/c2c(N3CCN(CC)CC3)nc3ccccn3c2=O)SC1=S. The van der Waals surface area contributed by atoms with Gasteiger partial charge in [-0.05, 0) is 31.2 Å². The maximum atomic E-state index is 13.4. The Morgan fingerprint density at radius 1 is 1.17 bits per heavy atom. The summed E-state index contributed by atoms with van der Waals surface area (Å²) in [6.07, 6.45) is 4.22. The van der Waals surface area contributed by atoms with Crippen LogP contribution < -0.4 is 10.5 Å². The average Bonchev–Trinajstić information content (AvgIpc) is 3.03. The van der Waals surface area contributed by atoms with Crippen LogP contribution in [0.15, 0.2) is 34.1 Å². The molecule has 0 aromatic carbocycles. The third kappa shape index (κ3) is 3.89. The maximum absolute atomic E-state index is 13.4. The van der Waals surface area contributed by atoms with Crippen molar-refractivity contribution in [2.45, 2.75) is 20.3 Å². The minimum atomic E-state index is -0.172. The molecule has 0 spiro atoms. The molecule has 9 heteroatoms. The Kier molecular flexibility index (Phi) is 6.21. The number of fused-ring (bicyclic) bond motifs is 1. The van der Waals surface area contributed by atoms with Gasteiger partial charge >= 0.3 is 0 Å². The molecule has 0 saturated carbocycles. The number of nitrogens with zero attached hydrogens (tertiary/aromatic N) is 5. The monoisotopic (exact) mass is 443 g/mol. The molecule has 0 atom stereocenters. The van der Waals surface area contributed by atoms with Gasteiger partial charge in [0, 0.05) is 38.9 Å². The Bertz CT molecular complexity index is 1070. The van der Waals surface area contributed by atoms with E-state index < -0.39 is 0 Å². The number of thioether (sulfide) groups is 1. The number of carbonyl (C=O) groups is 1. The first-order chi connectivity index (χ1) is 14.5. The van der Waals surface area contributed by atoms with E-state index in [1.54, 1.807) is 23.2 Å². The van der Waals surface area contributed by atoms with Gasteiger partial charge in [-0.3, -0.25) is 18.9 Å². The first-order valence-corrected chi connectivity index (χ1v) is 11.5. The number of amides is 1. The van der Waals surface area contributed by atoms with E-state index in [0.717, 1.165) is 39.1 Å². The fourth-order valence-corrected chi connectivity index (χ4v) is 5.07. The van der Waals surface area contributed by atoms with Gasteiger partial charge in [-0.2, -0.15) is 0 Å². The van der Waals surface area contributed by atoms with Crippen molar-refractivity contribution in [3.63, 3.8) is 0 Å². The van der Waals surface area contributed by atoms with Crippen molar-refractivity contribution in [3.05, 3.63) is 45.2 Å². The number of hydrogen-bond acceptors (Lipinski definition) is 7. The standard InChI is InChI=1S/C21H25N5O2S2/c1-3-8-26-20(28)16(30-21(26)29)14-15-18(24-12-10-23(4-2)11-13-24)22-17-7-5-6-9-25(17)19(15)27/h5-7,9,14H,3-4,8,10-13H2,1-2H3/b16-14-. The van der Waals surface area contributed by atoms with E-state index in [-0.39, 0.29) is 11.5 Å². The van der Waals surface area contributed by atoms with Crippen molar-refractivity contribution in [3.8, 4) is 0 Å². The summed E-state index contributed by atoms with van der Waals surface area (Å²) in [6, 6.07) is 5.51. The van der Waals surface area contributed by atoms with Crippen molar-refractivity contribution in [2.24, 2.45) is 0 Å². The van der Waals surface area contributed by atoms with E-state index in [1.165, 1.54) is 16.2 Å². The summed E-state index contributed by atoms with van der Waals surface area (Å²) in [4.78, 5) is 37.7.